The SMILES string of the molecule is O=C1CCc2cc(NC(=O)Nc3ccccc3C(F)(F)F)ccc2N1. The Morgan fingerprint density at radius 3 is 2.56 bits per heavy atom. The van der Waals surface area contributed by atoms with Crippen molar-refractivity contribution in [2.75, 3.05) is 16.0 Å². The van der Waals surface area contributed by atoms with E-state index in [4.69, 9.17) is 0 Å². The second kappa shape index (κ2) is 6.46. The minimum atomic E-state index is -4.56. The standard InChI is InChI=1S/C17H14F3N3O2/c18-17(19,20)12-3-1-2-4-14(12)23-16(25)21-11-6-7-13-10(9-11)5-8-15(24)22-13/h1-4,6-7,9H,5,8H2,(H,22,24)(H2,21,23,25). The van der Waals surface area contributed by atoms with Crippen LogP contribution in [0.25, 0.3) is 0 Å². The Labute approximate surface area is 141 Å². The zero-order valence-electron chi connectivity index (χ0n) is 12.9. The smallest absolute Gasteiger partial charge is 0.326 e. The Morgan fingerprint density at radius 2 is 1.80 bits per heavy atom. The molecule has 0 aromatic heterocycles. The van der Waals surface area contributed by atoms with E-state index < -0.39 is 17.8 Å². The van der Waals surface area contributed by atoms with E-state index in [0.29, 0.717) is 24.2 Å². The first-order valence-electron chi connectivity index (χ1n) is 7.50. The minimum Gasteiger partial charge on any atom is -0.326 e. The first-order valence-corrected chi connectivity index (χ1v) is 7.50. The van der Waals surface area contributed by atoms with Gasteiger partial charge in [0.1, 0.15) is 0 Å². The highest BCUT2D eigenvalue weighted by molar-refractivity contribution is 6.01. The molecule has 2 aromatic rings. The number of halogens is 3. The van der Waals surface area contributed by atoms with Crippen LogP contribution < -0.4 is 16.0 Å². The lowest BCUT2D eigenvalue weighted by Gasteiger charge is -2.18. The van der Waals surface area contributed by atoms with Crippen LogP contribution in [0.2, 0.25) is 0 Å². The van der Waals surface area contributed by atoms with Gasteiger partial charge >= 0.3 is 12.2 Å². The number of carbonyl (C=O) groups is 2. The molecule has 1 aliphatic rings. The number of para-hydroxylation sites is 1. The number of anilines is 3. The van der Waals surface area contributed by atoms with Gasteiger partial charge in [0.25, 0.3) is 0 Å². The fourth-order valence-electron chi connectivity index (χ4n) is 2.59. The number of hydrogen-bond acceptors (Lipinski definition) is 2. The lowest BCUT2D eigenvalue weighted by molar-refractivity contribution is -0.136. The molecule has 0 spiro atoms. The van der Waals surface area contributed by atoms with Crippen LogP contribution in [-0.2, 0) is 17.4 Å². The van der Waals surface area contributed by atoms with Gasteiger partial charge in [-0.15, -0.1) is 0 Å². The molecule has 0 radical (unpaired) electrons. The van der Waals surface area contributed by atoms with E-state index in [0.717, 1.165) is 11.6 Å². The predicted molar refractivity (Wildman–Crippen MR) is 87.5 cm³/mol. The van der Waals surface area contributed by atoms with Crippen molar-refractivity contribution in [1.82, 2.24) is 0 Å². The van der Waals surface area contributed by atoms with Crippen LogP contribution >= 0.6 is 0 Å². The number of nitrogens with one attached hydrogen (secondary N) is 3. The van der Waals surface area contributed by atoms with Crippen LogP contribution in [0.1, 0.15) is 17.5 Å². The van der Waals surface area contributed by atoms with E-state index in [9.17, 15) is 22.8 Å². The average molecular weight is 349 g/mol. The number of aryl methyl sites for hydroxylation is 1. The summed E-state index contributed by atoms with van der Waals surface area (Å²) >= 11 is 0. The third-order valence-electron chi connectivity index (χ3n) is 3.74. The maximum absolute atomic E-state index is 12.9. The zero-order chi connectivity index (χ0) is 18.0. The van der Waals surface area contributed by atoms with Crippen molar-refractivity contribution in [2.45, 2.75) is 19.0 Å². The quantitative estimate of drug-likeness (QED) is 0.759. The molecule has 8 heteroatoms. The van der Waals surface area contributed by atoms with Crippen LogP contribution in [0.5, 0.6) is 0 Å². The van der Waals surface area contributed by atoms with E-state index in [2.05, 4.69) is 16.0 Å². The van der Waals surface area contributed by atoms with Gasteiger partial charge in [0.2, 0.25) is 5.91 Å². The Morgan fingerprint density at radius 1 is 1.04 bits per heavy atom. The van der Waals surface area contributed by atoms with E-state index in [1.165, 1.54) is 18.2 Å². The third-order valence-corrected chi connectivity index (χ3v) is 3.74. The fourth-order valence-corrected chi connectivity index (χ4v) is 2.59. The van der Waals surface area contributed by atoms with E-state index in [-0.39, 0.29) is 11.6 Å². The normalized spacial score (nSPS) is 13.6. The Hall–Kier alpha value is -3.03. The van der Waals surface area contributed by atoms with Crippen molar-refractivity contribution in [2.24, 2.45) is 0 Å². The Balaban J connectivity index is 1.73. The number of fused-ring (bicyclic) bond motifs is 1. The van der Waals surface area contributed by atoms with Gasteiger partial charge < -0.3 is 16.0 Å². The predicted octanol–water partition coefficient (Wildman–Crippen LogP) is 4.23. The number of amides is 3. The molecule has 0 unspecified atom stereocenters. The first-order chi connectivity index (χ1) is 11.8. The molecular formula is C17H14F3N3O2. The fraction of sp³-hybridized carbons (Fsp3) is 0.176. The lowest BCUT2D eigenvalue weighted by atomic mass is 10.0. The second-order valence-electron chi connectivity index (χ2n) is 5.54. The first kappa shape index (κ1) is 16.8. The van der Waals surface area contributed by atoms with E-state index in [1.54, 1.807) is 18.2 Å². The molecule has 3 rings (SSSR count). The van der Waals surface area contributed by atoms with Gasteiger partial charge in [0.15, 0.2) is 0 Å². The summed E-state index contributed by atoms with van der Waals surface area (Å²) in [6, 6.07) is 8.87. The number of alkyl halides is 3. The van der Waals surface area contributed by atoms with Gasteiger partial charge in [-0.25, -0.2) is 4.79 Å². The van der Waals surface area contributed by atoms with Gasteiger partial charge in [-0.3, -0.25) is 4.79 Å². The summed E-state index contributed by atoms with van der Waals surface area (Å²) in [5.74, 6) is -0.0743. The molecule has 0 aliphatic carbocycles. The molecule has 1 heterocycles. The van der Waals surface area contributed by atoms with Gasteiger partial charge in [-0.2, -0.15) is 13.2 Å². The van der Waals surface area contributed by atoms with Gasteiger partial charge in [-0.05, 0) is 42.3 Å². The van der Waals surface area contributed by atoms with Crippen molar-refractivity contribution in [1.29, 1.82) is 0 Å². The number of hydrogen-bond donors (Lipinski definition) is 3. The van der Waals surface area contributed by atoms with Crippen LogP contribution in [0, 0.1) is 0 Å². The van der Waals surface area contributed by atoms with Gasteiger partial charge in [0.05, 0.1) is 11.3 Å². The zero-order valence-corrected chi connectivity index (χ0v) is 12.9. The number of benzene rings is 2. The molecule has 2 aromatic carbocycles. The van der Waals surface area contributed by atoms with Crippen molar-refractivity contribution < 1.29 is 22.8 Å². The largest absolute Gasteiger partial charge is 0.418 e. The summed E-state index contributed by atoms with van der Waals surface area (Å²) in [5, 5.41) is 7.43. The van der Waals surface area contributed by atoms with Crippen molar-refractivity contribution in [3.63, 3.8) is 0 Å². The molecule has 0 saturated heterocycles. The number of rotatable bonds is 2. The van der Waals surface area contributed by atoms with Crippen molar-refractivity contribution in [3.05, 3.63) is 53.6 Å². The van der Waals surface area contributed by atoms with Crippen molar-refractivity contribution in [3.8, 4) is 0 Å². The molecule has 1 aliphatic heterocycles. The van der Waals surface area contributed by atoms with E-state index in [1.807, 2.05) is 0 Å². The summed E-state index contributed by atoms with van der Waals surface area (Å²) in [6.07, 6.45) is -3.68. The molecule has 0 atom stereocenters. The highest BCUT2D eigenvalue weighted by atomic mass is 19.4. The number of carbonyl (C=O) groups excluding carboxylic acids is 2. The molecule has 0 fully saturated rings. The molecule has 5 nitrogen and oxygen atoms in total. The molecular weight excluding hydrogens is 335 g/mol. The van der Waals surface area contributed by atoms with Crippen LogP contribution in [0.3, 0.4) is 0 Å². The van der Waals surface area contributed by atoms with Gasteiger partial charge in [0, 0.05) is 17.8 Å². The number of urea groups is 1. The van der Waals surface area contributed by atoms with Crippen LogP contribution in [-0.4, -0.2) is 11.9 Å². The molecule has 0 saturated carbocycles. The van der Waals surface area contributed by atoms with E-state index >= 15 is 0 Å². The average Bonchev–Trinajstić information content (AvgIpc) is 2.54. The highest BCUT2D eigenvalue weighted by Crippen LogP contribution is 2.34. The highest BCUT2D eigenvalue weighted by Gasteiger charge is 2.33. The van der Waals surface area contributed by atoms with Crippen LogP contribution in [0.15, 0.2) is 42.5 Å². The topological polar surface area (TPSA) is 70.2 Å². The third kappa shape index (κ3) is 3.90. The minimum absolute atomic E-state index is 0.0743. The van der Waals surface area contributed by atoms with Gasteiger partial charge in [-0.1, -0.05) is 12.1 Å². The monoisotopic (exact) mass is 349 g/mol. The molecule has 25 heavy (non-hydrogen) atoms. The maximum Gasteiger partial charge on any atom is 0.418 e. The summed E-state index contributed by atoms with van der Waals surface area (Å²) in [7, 11) is 0. The summed E-state index contributed by atoms with van der Waals surface area (Å²) in [6.45, 7) is 0. The summed E-state index contributed by atoms with van der Waals surface area (Å²) in [5.41, 5.74) is 0.714. The Bertz CT molecular complexity index is 834. The Kier molecular flexibility index (Phi) is 4.35. The summed E-state index contributed by atoms with van der Waals surface area (Å²) in [4.78, 5) is 23.3. The molecule has 3 N–H and O–H groups in total. The van der Waals surface area contributed by atoms with Crippen molar-refractivity contribution >= 4 is 29.0 Å². The molecule has 130 valence electrons. The molecule has 0 bridgehead atoms. The summed E-state index contributed by atoms with van der Waals surface area (Å²) < 4.78 is 38.8. The lowest BCUT2D eigenvalue weighted by Crippen LogP contribution is -2.22. The second-order valence-corrected chi connectivity index (χ2v) is 5.54. The maximum atomic E-state index is 12.9. The molecule has 3 amide bonds. The van der Waals surface area contributed by atoms with Crippen LogP contribution in [0.4, 0.5) is 35.0 Å².